The number of nitrogens with one attached hydrogen (secondary N) is 2. The van der Waals surface area contributed by atoms with Crippen molar-refractivity contribution >= 4 is 17.2 Å². The summed E-state index contributed by atoms with van der Waals surface area (Å²) >= 11 is 0. The van der Waals surface area contributed by atoms with Crippen molar-refractivity contribution in [2.45, 2.75) is 25.6 Å². The Labute approximate surface area is 198 Å². The Morgan fingerprint density at radius 3 is 2.39 bits per heavy atom. The number of nitrogens with zero attached hydrogens (tertiary/aromatic N) is 5. The predicted octanol–water partition coefficient (Wildman–Crippen LogP) is 5.44. The third kappa shape index (κ3) is 4.87. The van der Waals surface area contributed by atoms with Crippen molar-refractivity contribution in [2.24, 2.45) is 0 Å². The smallest absolute Gasteiger partial charge is 0.406 e. The molecule has 2 aromatic heterocycles. The second-order valence-electron chi connectivity index (χ2n) is 7.81. The molecule has 0 saturated heterocycles. The molecule has 0 bridgehead atoms. The highest BCUT2D eigenvalue weighted by atomic mass is 19.4. The Morgan fingerprint density at radius 2 is 1.72 bits per heavy atom. The fourth-order valence-electron chi connectivity index (χ4n) is 3.89. The number of ether oxygens (including phenoxy) is 1. The first kappa shape index (κ1) is 23.4. The molecule has 0 saturated carbocycles. The average molecular weight is 507 g/mol. The first-order valence-electron chi connectivity index (χ1n) is 10.4. The number of hydrogen-bond acceptors (Lipinski definition) is 7. The quantitative estimate of drug-likeness (QED) is 0.355. The maximum atomic E-state index is 13.3. The van der Waals surface area contributed by atoms with Gasteiger partial charge in [0.2, 0.25) is 5.82 Å². The standard InChI is InChI=1S/C22H15F6N7O/c23-21(24,25)17-9-6-13-11-35(10-12-4-7-14(8-5-12)36-22(26,27)28)18-15(20-31-33-34-32-20)2-1-3-16(18)29-19(13)30-17/h1-9H,10-11H2,(H,29,30)(H,31,32,33,34). The largest absolute Gasteiger partial charge is 0.573 e. The van der Waals surface area contributed by atoms with Crippen LogP contribution in [0.15, 0.2) is 54.6 Å². The van der Waals surface area contributed by atoms with E-state index in [-0.39, 0.29) is 30.5 Å². The number of fused-ring (bicyclic) bond motifs is 2. The number of para-hydroxylation sites is 1. The number of hydrogen-bond donors (Lipinski definition) is 2. The van der Waals surface area contributed by atoms with Crippen molar-refractivity contribution in [1.29, 1.82) is 0 Å². The minimum Gasteiger partial charge on any atom is -0.406 e. The normalized spacial score (nSPS) is 13.4. The summed E-state index contributed by atoms with van der Waals surface area (Å²) in [4.78, 5) is 5.63. The molecule has 0 unspecified atom stereocenters. The number of aromatic amines is 1. The van der Waals surface area contributed by atoms with Crippen LogP contribution in [0.2, 0.25) is 0 Å². The number of anilines is 3. The topological polar surface area (TPSA) is 91.9 Å². The van der Waals surface area contributed by atoms with Crippen molar-refractivity contribution in [3.05, 3.63) is 71.4 Å². The van der Waals surface area contributed by atoms with Crippen LogP contribution in [0.1, 0.15) is 16.8 Å². The fourth-order valence-corrected chi connectivity index (χ4v) is 3.89. The zero-order chi connectivity index (χ0) is 25.5. The van der Waals surface area contributed by atoms with Gasteiger partial charge < -0.3 is 15.0 Å². The van der Waals surface area contributed by atoms with E-state index in [1.54, 1.807) is 18.2 Å². The molecule has 4 aromatic rings. The number of rotatable bonds is 4. The van der Waals surface area contributed by atoms with Gasteiger partial charge in [-0.25, -0.2) is 4.98 Å². The summed E-state index contributed by atoms with van der Waals surface area (Å²) in [5, 5.41) is 17.0. The Balaban J connectivity index is 1.56. The van der Waals surface area contributed by atoms with Crippen LogP contribution in [0.5, 0.6) is 5.75 Å². The molecule has 0 radical (unpaired) electrons. The number of tetrazole rings is 1. The van der Waals surface area contributed by atoms with Gasteiger partial charge in [0.15, 0.2) is 0 Å². The molecule has 0 spiro atoms. The van der Waals surface area contributed by atoms with E-state index in [1.807, 2.05) is 4.90 Å². The lowest BCUT2D eigenvalue weighted by atomic mass is 10.1. The third-order valence-corrected chi connectivity index (χ3v) is 5.35. The summed E-state index contributed by atoms with van der Waals surface area (Å²) < 4.78 is 81.4. The number of pyridine rings is 1. The van der Waals surface area contributed by atoms with E-state index in [1.165, 1.54) is 30.3 Å². The van der Waals surface area contributed by atoms with Gasteiger partial charge in [0, 0.05) is 24.2 Å². The summed E-state index contributed by atoms with van der Waals surface area (Å²) in [7, 11) is 0. The van der Waals surface area contributed by atoms with Crippen LogP contribution < -0.4 is 15.0 Å². The molecule has 8 nitrogen and oxygen atoms in total. The van der Waals surface area contributed by atoms with E-state index in [4.69, 9.17) is 0 Å². The van der Waals surface area contributed by atoms with Crippen LogP contribution in [-0.4, -0.2) is 32.0 Å². The Bertz CT molecular complexity index is 1370. The molecule has 5 rings (SSSR count). The SMILES string of the molecule is FC(F)(F)Oc1ccc(CN2Cc3ccc(C(F)(F)F)nc3Nc3cccc(-c4nn[nH]n4)c32)cc1. The highest BCUT2D eigenvalue weighted by Gasteiger charge is 2.34. The van der Waals surface area contributed by atoms with Crippen molar-refractivity contribution in [3.63, 3.8) is 0 Å². The first-order valence-corrected chi connectivity index (χ1v) is 10.4. The number of aromatic nitrogens is 5. The van der Waals surface area contributed by atoms with Gasteiger partial charge in [-0.05, 0) is 41.1 Å². The molecule has 14 heteroatoms. The van der Waals surface area contributed by atoms with Gasteiger partial charge in [0.1, 0.15) is 17.3 Å². The molecule has 2 N–H and O–H groups in total. The fraction of sp³-hybridized carbons (Fsp3) is 0.182. The molecule has 2 aromatic carbocycles. The maximum absolute atomic E-state index is 13.3. The van der Waals surface area contributed by atoms with Crippen LogP contribution in [0.3, 0.4) is 0 Å². The minimum atomic E-state index is -4.82. The lowest BCUT2D eigenvalue weighted by molar-refractivity contribution is -0.274. The number of benzene rings is 2. The van der Waals surface area contributed by atoms with Gasteiger partial charge in [-0.15, -0.1) is 23.4 Å². The van der Waals surface area contributed by atoms with E-state index in [2.05, 4.69) is 35.7 Å². The Morgan fingerprint density at radius 1 is 0.944 bits per heavy atom. The van der Waals surface area contributed by atoms with Crippen molar-refractivity contribution in [2.75, 3.05) is 10.2 Å². The molecule has 1 aliphatic heterocycles. The molecule has 0 fully saturated rings. The zero-order valence-corrected chi connectivity index (χ0v) is 18.0. The van der Waals surface area contributed by atoms with Crippen LogP contribution in [0.4, 0.5) is 43.5 Å². The van der Waals surface area contributed by atoms with Gasteiger partial charge in [0.05, 0.1) is 11.4 Å². The minimum absolute atomic E-state index is 0.0350. The summed E-state index contributed by atoms with van der Waals surface area (Å²) in [5.74, 6) is -0.0823. The van der Waals surface area contributed by atoms with E-state index in [0.717, 1.165) is 6.07 Å². The molecule has 1 aliphatic rings. The molecule has 0 atom stereocenters. The zero-order valence-electron chi connectivity index (χ0n) is 18.0. The predicted molar refractivity (Wildman–Crippen MR) is 115 cm³/mol. The lowest BCUT2D eigenvalue weighted by Crippen LogP contribution is -2.22. The van der Waals surface area contributed by atoms with Gasteiger partial charge in [0.25, 0.3) is 0 Å². The van der Waals surface area contributed by atoms with E-state index < -0.39 is 18.2 Å². The number of halogens is 6. The molecule has 36 heavy (non-hydrogen) atoms. The first-order chi connectivity index (χ1) is 17.1. The summed E-state index contributed by atoms with van der Waals surface area (Å²) in [6.45, 7) is 0.326. The van der Waals surface area contributed by atoms with Crippen LogP contribution in [0.25, 0.3) is 11.4 Å². The molecule has 0 aliphatic carbocycles. The van der Waals surface area contributed by atoms with Crippen molar-refractivity contribution < 1.29 is 31.1 Å². The van der Waals surface area contributed by atoms with Crippen LogP contribution in [0, 0.1) is 0 Å². The van der Waals surface area contributed by atoms with Gasteiger partial charge >= 0.3 is 12.5 Å². The summed E-state index contributed by atoms with van der Waals surface area (Å²) in [6, 6.07) is 12.6. The maximum Gasteiger partial charge on any atom is 0.573 e. The second kappa shape index (κ2) is 8.70. The van der Waals surface area contributed by atoms with Crippen molar-refractivity contribution in [1.82, 2.24) is 25.6 Å². The molecular formula is C22H15F6N7O. The van der Waals surface area contributed by atoms with Gasteiger partial charge in [-0.2, -0.15) is 18.4 Å². The third-order valence-electron chi connectivity index (χ3n) is 5.35. The monoisotopic (exact) mass is 507 g/mol. The molecular weight excluding hydrogens is 492 g/mol. The number of H-pyrrole nitrogens is 1. The van der Waals surface area contributed by atoms with Crippen molar-refractivity contribution in [3.8, 4) is 17.1 Å². The second-order valence-corrected chi connectivity index (χ2v) is 7.81. The highest BCUT2D eigenvalue weighted by molar-refractivity contribution is 5.88. The average Bonchev–Trinajstić information content (AvgIpc) is 3.29. The summed E-state index contributed by atoms with van der Waals surface area (Å²) in [6.07, 6.45) is -9.44. The van der Waals surface area contributed by atoms with Crippen LogP contribution in [-0.2, 0) is 19.3 Å². The summed E-state index contributed by atoms with van der Waals surface area (Å²) in [5.41, 5.74) is 1.60. The van der Waals surface area contributed by atoms with Gasteiger partial charge in [-0.1, -0.05) is 24.3 Å². The highest BCUT2D eigenvalue weighted by Crippen LogP contribution is 2.42. The van der Waals surface area contributed by atoms with E-state index in [9.17, 15) is 26.3 Å². The van der Waals surface area contributed by atoms with Crippen LogP contribution >= 0.6 is 0 Å². The van der Waals surface area contributed by atoms with E-state index >= 15 is 0 Å². The Kier molecular flexibility index (Phi) is 5.65. The Hall–Kier alpha value is -4.36. The van der Waals surface area contributed by atoms with Gasteiger partial charge in [-0.3, -0.25) is 0 Å². The molecule has 0 amide bonds. The molecule has 186 valence electrons. The molecule has 3 heterocycles. The lowest BCUT2D eigenvalue weighted by Gasteiger charge is -2.27. The number of alkyl halides is 6. The van der Waals surface area contributed by atoms with E-state index in [0.29, 0.717) is 28.1 Å².